The quantitative estimate of drug-likeness (QED) is 0.817. The number of halogens is 2. The number of benzene rings is 1. The number of hydrogen-bond donors (Lipinski definition) is 2. The second-order valence-corrected chi connectivity index (χ2v) is 6.78. The summed E-state index contributed by atoms with van der Waals surface area (Å²) in [6.07, 6.45) is 2.34. The van der Waals surface area contributed by atoms with Crippen molar-refractivity contribution in [1.82, 2.24) is 10.6 Å². The molecular formula is C16H19Cl2N3O2. The van der Waals surface area contributed by atoms with E-state index >= 15 is 0 Å². The third-order valence-corrected chi connectivity index (χ3v) is 5.16. The van der Waals surface area contributed by atoms with Gasteiger partial charge in [-0.25, -0.2) is 0 Å². The molecule has 0 spiro atoms. The second-order valence-electron chi connectivity index (χ2n) is 5.96. The molecule has 2 heterocycles. The minimum atomic E-state index is -0.612. The molecule has 0 bridgehead atoms. The number of hydrogen-bond acceptors (Lipinski definition) is 3. The summed E-state index contributed by atoms with van der Waals surface area (Å²) in [6.45, 7) is 2.32. The van der Waals surface area contributed by atoms with Gasteiger partial charge in [-0.3, -0.25) is 9.59 Å². The lowest BCUT2D eigenvalue weighted by molar-refractivity contribution is -0.132. The highest BCUT2D eigenvalue weighted by atomic mass is 35.5. The van der Waals surface area contributed by atoms with Gasteiger partial charge in [0.2, 0.25) is 11.8 Å². The van der Waals surface area contributed by atoms with E-state index in [4.69, 9.17) is 23.2 Å². The molecule has 0 aromatic heterocycles. The minimum Gasteiger partial charge on any atom is -0.353 e. The van der Waals surface area contributed by atoms with Crippen molar-refractivity contribution in [2.45, 2.75) is 25.3 Å². The number of anilines is 1. The number of rotatable bonds is 3. The normalized spacial score (nSPS) is 22.4. The Bertz CT molecular complexity index is 617. The summed E-state index contributed by atoms with van der Waals surface area (Å²) >= 11 is 11.9. The molecule has 2 aliphatic rings. The number of piperidine rings is 1. The fourth-order valence-electron chi connectivity index (χ4n) is 3.10. The number of amides is 2. The molecule has 7 heteroatoms. The summed E-state index contributed by atoms with van der Waals surface area (Å²) in [4.78, 5) is 26.6. The van der Waals surface area contributed by atoms with E-state index in [2.05, 4.69) is 10.6 Å². The van der Waals surface area contributed by atoms with Crippen LogP contribution in [0.15, 0.2) is 18.2 Å². The van der Waals surface area contributed by atoms with Crippen molar-refractivity contribution < 1.29 is 9.59 Å². The first-order valence-electron chi connectivity index (χ1n) is 7.84. The van der Waals surface area contributed by atoms with Gasteiger partial charge in [-0.05, 0) is 50.6 Å². The predicted molar refractivity (Wildman–Crippen MR) is 91.0 cm³/mol. The lowest BCUT2D eigenvalue weighted by Gasteiger charge is -2.25. The zero-order valence-electron chi connectivity index (χ0n) is 12.6. The molecule has 23 heavy (non-hydrogen) atoms. The van der Waals surface area contributed by atoms with E-state index < -0.39 is 5.92 Å². The van der Waals surface area contributed by atoms with Gasteiger partial charge in [0.05, 0.1) is 10.0 Å². The molecule has 2 fully saturated rings. The molecule has 0 saturated carbocycles. The Morgan fingerprint density at radius 3 is 2.61 bits per heavy atom. The standard InChI is InChI=1S/C16H19Cl2N3O2/c17-13-2-1-11(9-14(13)18)21-8-5-12(16(21)23)15(22)20-10-3-6-19-7-4-10/h1-2,9-10,12,19H,3-8H2,(H,20,22). The maximum absolute atomic E-state index is 12.6. The topological polar surface area (TPSA) is 61.4 Å². The van der Waals surface area contributed by atoms with E-state index in [0.29, 0.717) is 28.7 Å². The van der Waals surface area contributed by atoms with E-state index in [0.717, 1.165) is 25.9 Å². The van der Waals surface area contributed by atoms with Gasteiger partial charge in [0.25, 0.3) is 0 Å². The Kier molecular flexibility index (Phi) is 5.09. The smallest absolute Gasteiger partial charge is 0.239 e. The molecule has 2 saturated heterocycles. The zero-order valence-corrected chi connectivity index (χ0v) is 14.2. The molecule has 2 amide bonds. The summed E-state index contributed by atoms with van der Waals surface area (Å²) in [6, 6.07) is 5.24. The van der Waals surface area contributed by atoms with Crippen molar-refractivity contribution in [2.24, 2.45) is 5.92 Å². The lowest BCUT2D eigenvalue weighted by Crippen LogP contribution is -2.46. The molecule has 124 valence electrons. The van der Waals surface area contributed by atoms with Crippen LogP contribution in [0.4, 0.5) is 5.69 Å². The largest absolute Gasteiger partial charge is 0.353 e. The predicted octanol–water partition coefficient (Wildman–Crippen LogP) is 2.21. The molecule has 1 aromatic carbocycles. The van der Waals surface area contributed by atoms with Crippen molar-refractivity contribution >= 4 is 40.7 Å². The molecule has 2 aliphatic heterocycles. The van der Waals surface area contributed by atoms with Crippen LogP contribution in [0.2, 0.25) is 10.0 Å². The zero-order chi connectivity index (χ0) is 16.4. The highest BCUT2D eigenvalue weighted by Gasteiger charge is 2.38. The summed E-state index contributed by atoms with van der Waals surface area (Å²) in [5.41, 5.74) is 0.682. The average Bonchev–Trinajstić information content (AvgIpc) is 2.93. The van der Waals surface area contributed by atoms with Crippen molar-refractivity contribution in [1.29, 1.82) is 0 Å². The maximum Gasteiger partial charge on any atom is 0.239 e. The average molecular weight is 356 g/mol. The number of nitrogens with one attached hydrogen (secondary N) is 2. The first-order valence-corrected chi connectivity index (χ1v) is 8.59. The second kappa shape index (κ2) is 7.07. The molecule has 2 N–H and O–H groups in total. The van der Waals surface area contributed by atoms with Gasteiger partial charge in [0, 0.05) is 18.3 Å². The van der Waals surface area contributed by atoms with Crippen molar-refractivity contribution in [3.63, 3.8) is 0 Å². The SMILES string of the molecule is O=C(NC1CCNCC1)C1CCN(c2ccc(Cl)c(Cl)c2)C1=O. The van der Waals surface area contributed by atoms with Crippen molar-refractivity contribution in [3.8, 4) is 0 Å². The first-order chi connectivity index (χ1) is 11.1. The van der Waals surface area contributed by atoms with Crippen molar-refractivity contribution in [3.05, 3.63) is 28.2 Å². The summed E-state index contributed by atoms with van der Waals surface area (Å²) < 4.78 is 0. The summed E-state index contributed by atoms with van der Waals surface area (Å²) in [5.74, 6) is -0.946. The first kappa shape index (κ1) is 16.6. The van der Waals surface area contributed by atoms with Crippen LogP contribution in [0.5, 0.6) is 0 Å². The summed E-state index contributed by atoms with van der Waals surface area (Å²) in [5, 5.41) is 7.11. The summed E-state index contributed by atoms with van der Waals surface area (Å²) in [7, 11) is 0. The Morgan fingerprint density at radius 1 is 1.17 bits per heavy atom. The molecule has 1 unspecified atom stereocenters. The van der Waals surface area contributed by atoms with E-state index in [1.165, 1.54) is 0 Å². The molecule has 1 aromatic rings. The molecule has 0 aliphatic carbocycles. The van der Waals surface area contributed by atoms with E-state index in [1.54, 1.807) is 23.1 Å². The van der Waals surface area contributed by atoms with E-state index in [-0.39, 0.29) is 17.9 Å². The van der Waals surface area contributed by atoms with Crippen LogP contribution < -0.4 is 15.5 Å². The van der Waals surface area contributed by atoms with E-state index in [1.807, 2.05) is 0 Å². The van der Waals surface area contributed by atoms with E-state index in [9.17, 15) is 9.59 Å². The Balaban J connectivity index is 1.65. The third-order valence-electron chi connectivity index (χ3n) is 4.42. The number of carbonyl (C=O) groups is 2. The number of nitrogens with zero attached hydrogens (tertiary/aromatic N) is 1. The van der Waals surface area contributed by atoms with Crippen LogP contribution in [0.25, 0.3) is 0 Å². The van der Waals surface area contributed by atoms with Gasteiger partial charge in [-0.15, -0.1) is 0 Å². The highest BCUT2D eigenvalue weighted by Crippen LogP contribution is 2.31. The number of carbonyl (C=O) groups excluding carboxylic acids is 2. The van der Waals surface area contributed by atoms with Crippen molar-refractivity contribution in [2.75, 3.05) is 24.5 Å². The highest BCUT2D eigenvalue weighted by molar-refractivity contribution is 6.42. The molecular weight excluding hydrogens is 337 g/mol. The monoisotopic (exact) mass is 355 g/mol. The van der Waals surface area contributed by atoms with Gasteiger partial charge in [0.1, 0.15) is 5.92 Å². The van der Waals surface area contributed by atoms with Crippen LogP contribution in [0, 0.1) is 5.92 Å². The van der Waals surface area contributed by atoms with Crippen LogP contribution in [0.1, 0.15) is 19.3 Å². The van der Waals surface area contributed by atoms with Gasteiger partial charge < -0.3 is 15.5 Å². The third kappa shape index (κ3) is 3.62. The van der Waals surface area contributed by atoms with Crippen LogP contribution in [0.3, 0.4) is 0 Å². The lowest BCUT2D eigenvalue weighted by atomic mass is 10.0. The van der Waals surface area contributed by atoms with Gasteiger partial charge in [-0.1, -0.05) is 23.2 Å². The molecule has 3 rings (SSSR count). The van der Waals surface area contributed by atoms with Crippen LogP contribution in [-0.2, 0) is 9.59 Å². The van der Waals surface area contributed by atoms with Gasteiger partial charge >= 0.3 is 0 Å². The molecule has 1 atom stereocenters. The molecule has 5 nitrogen and oxygen atoms in total. The Labute approximate surface area is 145 Å². The van der Waals surface area contributed by atoms with Gasteiger partial charge in [0.15, 0.2) is 0 Å². The fraction of sp³-hybridized carbons (Fsp3) is 0.500. The fourth-order valence-corrected chi connectivity index (χ4v) is 3.39. The molecule has 0 radical (unpaired) electrons. The van der Waals surface area contributed by atoms with Crippen LogP contribution in [-0.4, -0.2) is 37.5 Å². The minimum absolute atomic E-state index is 0.163. The Morgan fingerprint density at radius 2 is 1.91 bits per heavy atom. The maximum atomic E-state index is 12.6. The van der Waals surface area contributed by atoms with Crippen LogP contribution >= 0.6 is 23.2 Å². The Hall–Kier alpha value is -1.30. The van der Waals surface area contributed by atoms with Gasteiger partial charge in [-0.2, -0.15) is 0 Å².